The number of nitrogens with one attached hydrogen (secondary N) is 1. The highest BCUT2D eigenvalue weighted by Crippen LogP contribution is 2.16. The molecule has 0 bridgehead atoms. The molecule has 20 heavy (non-hydrogen) atoms. The number of carboxylic acids is 1. The summed E-state index contributed by atoms with van der Waals surface area (Å²) in [4.78, 5) is 26.7. The fourth-order valence-corrected chi connectivity index (χ4v) is 1.81. The summed E-state index contributed by atoms with van der Waals surface area (Å²) in [7, 11) is 0. The standard InChI is InChI=1S/C14H11ClN2O3/c1-8-6-10(3-4-11(8)14(19)20)17-13(18)9-2-5-12(15)16-7-9/h2-7H,1H3,(H,17,18)(H,19,20). The van der Waals surface area contributed by atoms with Gasteiger partial charge in [-0.05, 0) is 42.8 Å². The fraction of sp³-hybridized carbons (Fsp3) is 0.0714. The average molecular weight is 291 g/mol. The molecule has 1 aromatic carbocycles. The number of aromatic nitrogens is 1. The lowest BCUT2D eigenvalue weighted by Gasteiger charge is -2.07. The second kappa shape index (κ2) is 5.71. The van der Waals surface area contributed by atoms with E-state index in [9.17, 15) is 9.59 Å². The summed E-state index contributed by atoms with van der Waals surface area (Å²) in [6.45, 7) is 1.67. The molecule has 102 valence electrons. The molecule has 0 aliphatic carbocycles. The van der Waals surface area contributed by atoms with E-state index in [4.69, 9.17) is 16.7 Å². The Labute approximate surface area is 120 Å². The van der Waals surface area contributed by atoms with Crippen LogP contribution in [0.5, 0.6) is 0 Å². The number of rotatable bonds is 3. The van der Waals surface area contributed by atoms with Gasteiger partial charge in [0.2, 0.25) is 0 Å². The molecular formula is C14H11ClN2O3. The number of hydrogen-bond acceptors (Lipinski definition) is 3. The van der Waals surface area contributed by atoms with Crippen molar-refractivity contribution in [1.29, 1.82) is 0 Å². The van der Waals surface area contributed by atoms with Crippen molar-refractivity contribution < 1.29 is 14.7 Å². The minimum Gasteiger partial charge on any atom is -0.478 e. The summed E-state index contributed by atoms with van der Waals surface area (Å²) >= 11 is 5.65. The lowest BCUT2D eigenvalue weighted by molar-refractivity contribution is 0.0696. The quantitative estimate of drug-likeness (QED) is 0.852. The van der Waals surface area contributed by atoms with Crippen molar-refractivity contribution in [3.05, 3.63) is 58.4 Å². The molecule has 1 aromatic heterocycles. The van der Waals surface area contributed by atoms with Gasteiger partial charge in [-0.2, -0.15) is 0 Å². The molecule has 0 aliphatic rings. The molecule has 1 amide bonds. The van der Waals surface area contributed by atoms with E-state index in [2.05, 4.69) is 10.3 Å². The van der Waals surface area contributed by atoms with Crippen LogP contribution in [0.15, 0.2) is 36.5 Å². The molecule has 0 spiro atoms. The number of hydrogen-bond donors (Lipinski definition) is 2. The van der Waals surface area contributed by atoms with E-state index >= 15 is 0 Å². The van der Waals surface area contributed by atoms with Gasteiger partial charge in [-0.15, -0.1) is 0 Å². The van der Waals surface area contributed by atoms with Crippen LogP contribution in [0.4, 0.5) is 5.69 Å². The van der Waals surface area contributed by atoms with Crippen LogP contribution in [0, 0.1) is 6.92 Å². The summed E-state index contributed by atoms with van der Waals surface area (Å²) in [6, 6.07) is 7.67. The van der Waals surface area contributed by atoms with Gasteiger partial charge < -0.3 is 10.4 Å². The first-order valence-corrected chi connectivity index (χ1v) is 6.12. The normalized spacial score (nSPS) is 10.1. The van der Waals surface area contributed by atoms with Crippen LogP contribution in [-0.4, -0.2) is 22.0 Å². The van der Waals surface area contributed by atoms with Gasteiger partial charge in [0.25, 0.3) is 5.91 Å². The predicted octanol–water partition coefficient (Wildman–Crippen LogP) is 2.99. The van der Waals surface area contributed by atoms with E-state index in [0.717, 1.165) is 0 Å². The monoisotopic (exact) mass is 290 g/mol. The Morgan fingerprint density at radius 1 is 1.25 bits per heavy atom. The largest absolute Gasteiger partial charge is 0.478 e. The molecule has 0 unspecified atom stereocenters. The van der Waals surface area contributed by atoms with E-state index < -0.39 is 5.97 Å². The summed E-state index contributed by atoms with van der Waals surface area (Å²) in [5.74, 6) is -1.33. The number of nitrogens with zero attached hydrogens (tertiary/aromatic N) is 1. The van der Waals surface area contributed by atoms with Crippen molar-refractivity contribution in [2.24, 2.45) is 0 Å². The Balaban J connectivity index is 2.18. The minimum atomic E-state index is -0.998. The molecule has 2 aromatic rings. The second-order valence-electron chi connectivity index (χ2n) is 4.16. The molecule has 2 rings (SSSR count). The SMILES string of the molecule is Cc1cc(NC(=O)c2ccc(Cl)nc2)ccc1C(=O)O. The topological polar surface area (TPSA) is 79.3 Å². The van der Waals surface area contributed by atoms with Crippen molar-refractivity contribution in [2.75, 3.05) is 5.32 Å². The molecule has 0 fully saturated rings. The number of pyridine rings is 1. The van der Waals surface area contributed by atoms with Crippen LogP contribution in [0.3, 0.4) is 0 Å². The van der Waals surface area contributed by atoms with Crippen LogP contribution >= 0.6 is 11.6 Å². The highest BCUT2D eigenvalue weighted by molar-refractivity contribution is 6.29. The smallest absolute Gasteiger partial charge is 0.335 e. The summed E-state index contributed by atoms with van der Waals surface area (Å²) in [6.07, 6.45) is 1.37. The van der Waals surface area contributed by atoms with Gasteiger partial charge in [0.05, 0.1) is 11.1 Å². The van der Waals surface area contributed by atoms with Crippen LogP contribution in [0.2, 0.25) is 5.15 Å². The number of anilines is 1. The predicted molar refractivity (Wildman–Crippen MR) is 75.3 cm³/mol. The van der Waals surface area contributed by atoms with Crippen LogP contribution in [0.25, 0.3) is 0 Å². The molecule has 0 saturated carbocycles. The average Bonchev–Trinajstić information content (AvgIpc) is 2.39. The van der Waals surface area contributed by atoms with Crippen LogP contribution < -0.4 is 5.32 Å². The molecule has 0 atom stereocenters. The number of amides is 1. The molecule has 5 nitrogen and oxygen atoms in total. The lowest BCUT2D eigenvalue weighted by atomic mass is 10.1. The van der Waals surface area contributed by atoms with E-state index in [1.807, 2.05) is 0 Å². The Kier molecular flexibility index (Phi) is 4.00. The maximum atomic E-state index is 11.9. The van der Waals surface area contributed by atoms with E-state index in [1.165, 1.54) is 24.4 Å². The molecule has 0 saturated heterocycles. The van der Waals surface area contributed by atoms with Gasteiger partial charge >= 0.3 is 5.97 Å². The highest BCUT2D eigenvalue weighted by Gasteiger charge is 2.10. The zero-order chi connectivity index (χ0) is 14.7. The number of halogens is 1. The third-order valence-corrected chi connectivity index (χ3v) is 2.93. The zero-order valence-electron chi connectivity index (χ0n) is 10.6. The number of carbonyl (C=O) groups is 2. The maximum absolute atomic E-state index is 11.9. The Hall–Kier alpha value is -2.40. The molecule has 0 aliphatic heterocycles. The molecule has 0 radical (unpaired) electrons. The number of carbonyl (C=O) groups excluding carboxylic acids is 1. The Morgan fingerprint density at radius 2 is 2.00 bits per heavy atom. The highest BCUT2D eigenvalue weighted by atomic mass is 35.5. The number of carboxylic acid groups (broad SMARTS) is 1. The van der Waals surface area contributed by atoms with Gasteiger partial charge in [-0.3, -0.25) is 4.79 Å². The summed E-state index contributed by atoms with van der Waals surface area (Å²) < 4.78 is 0. The van der Waals surface area contributed by atoms with E-state index in [0.29, 0.717) is 22.0 Å². The molecule has 2 N–H and O–H groups in total. The Morgan fingerprint density at radius 3 is 2.55 bits per heavy atom. The summed E-state index contributed by atoms with van der Waals surface area (Å²) in [5.41, 5.74) is 1.67. The second-order valence-corrected chi connectivity index (χ2v) is 4.55. The zero-order valence-corrected chi connectivity index (χ0v) is 11.3. The first-order chi connectivity index (χ1) is 9.47. The van der Waals surface area contributed by atoms with Gasteiger partial charge in [0, 0.05) is 11.9 Å². The first kappa shape index (κ1) is 14.0. The van der Waals surface area contributed by atoms with E-state index in [1.54, 1.807) is 19.1 Å². The fourth-order valence-electron chi connectivity index (χ4n) is 1.69. The van der Waals surface area contributed by atoms with Gasteiger partial charge in [-0.25, -0.2) is 9.78 Å². The molecular weight excluding hydrogens is 280 g/mol. The van der Waals surface area contributed by atoms with Crippen LogP contribution in [-0.2, 0) is 0 Å². The van der Waals surface area contributed by atoms with Crippen molar-refractivity contribution in [1.82, 2.24) is 4.98 Å². The maximum Gasteiger partial charge on any atom is 0.335 e. The summed E-state index contributed by atoms with van der Waals surface area (Å²) in [5, 5.41) is 11.9. The van der Waals surface area contributed by atoms with Crippen LogP contribution in [0.1, 0.15) is 26.3 Å². The van der Waals surface area contributed by atoms with Crippen molar-refractivity contribution in [3.63, 3.8) is 0 Å². The van der Waals surface area contributed by atoms with Crippen molar-refractivity contribution in [3.8, 4) is 0 Å². The Bertz CT molecular complexity index is 669. The van der Waals surface area contributed by atoms with Crippen molar-refractivity contribution >= 4 is 29.2 Å². The first-order valence-electron chi connectivity index (χ1n) is 5.74. The number of aromatic carboxylic acids is 1. The minimum absolute atomic E-state index is 0.205. The lowest BCUT2D eigenvalue weighted by Crippen LogP contribution is -2.12. The van der Waals surface area contributed by atoms with Gasteiger partial charge in [0.1, 0.15) is 5.15 Å². The molecule has 6 heteroatoms. The third-order valence-electron chi connectivity index (χ3n) is 2.70. The van der Waals surface area contributed by atoms with Gasteiger partial charge in [0.15, 0.2) is 0 Å². The molecule has 1 heterocycles. The van der Waals surface area contributed by atoms with Gasteiger partial charge in [-0.1, -0.05) is 11.6 Å². The van der Waals surface area contributed by atoms with E-state index in [-0.39, 0.29) is 11.5 Å². The van der Waals surface area contributed by atoms with Crippen molar-refractivity contribution in [2.45, 2.75) is 6.92 Å². The third kappa shape index (κ3) is 3.13. The number of aryl methyl sites for hydroxylation is 1. The number of benzene rings is 1.